The van der Waals surface area contributed by atoms with Crippen LogP contribution in [0.4, 0.5) is 10.8 Å². The number of halogens is 1. The number of carboxylic acids is 1. The van der Waals surface area contributed by atoms with Gasteiger partial charge in [0, 0.05) is 10.2 Å². The van der Waals surface area contributed by atoms with Gasteiger partial charge in [-0.3, -0.25) is 0 Å². The summed E-state index contributed by atoms with van der Waals surface area (Å²) >= 11 is 4.59. The van der Waals surface area contributed by atoms with E-state index in [1.165, 1.54) is 0 Å². The number of nitrogens with one attached hydrogen (secondary N) is 1. The van der Waals surface area contributed by atoms with Crippen LogP contribution in [0.15, 0.2) is 22.7 Å². The third kappa shape index (κ3) is 2.70. The zero-order valence-electron chi connectivity index (χ0n) is 9.82. The Kier molecular flexibility index (Phi) is 3.68. The maximum Gasteiger partial charge on any atom is 0.347 e. The summed E-state index contributed by atoms with van der Waals surface area (Å²) in [5.74, 6) is -0.942. The van der Waals surface area contributed by atoms with Gasteiger partial charge in [-0.15, -0.1) is 0 Å². The van der Waals surface area contributed by atoms with Gasteiger partial charge in [0.2, 0.25) is 0 Å². The van der Waals surface area contributed by atoms with Crippen LogP contribution < -0.4 is 5.32 Å². The largest absolute Gasteiger partial charge is 0.477 e. The summed E-state index contributed by atoms with van der Waals surface area (Å²) in [6.07, 6.45) is 0. The zero-order chi connectivity index (χ0) is 13.3. The quantitative estimate of drug-likeness (QED) is 0.896. The van der Waals surface area contributed by atoms with E-state index in [1.807, 2.05) is 25.1 Å². The number of aryl methyl sites for hydroxylation is 2. The minimum absolute atomic E-state index is 0.267. The molecule has 0 aliphatic rings. The molecule has 0 aliphatic carbocycles. The predicted octanol–water partition coefficient (Wildman–Crippen LogP) is 3.96. The summed E-state index contributed by atoms with van der Waals surface area (Å²) in [4.78, 5) is 15.4. The molecule has 6 heteroatoms. The van der Waals surface area contributed by atoms with Crippen LogP contribution >= 0.6 is 27.3 Å². The molecule has 1 aromatic heterocycles. The van der Waals surface area contributed by atoms with Gasteiger partial charge in [-0.2, -0.15) is 0 Å². The Morgan fingerprint density at radius 3 is 2.72 bits per heavy atom. The van der Waals surface area contributed by atoms with Crippen molar-refractivity contribution in [3.8, 4) is 0 Å². The molecule has 0 saturated heterocycles. The molecular weight excluding hydrogens is 316 g/mol. The molecule has 2 N–H and O–H groups in total. The first-order chi connectivity index (χ1) is 8.47. The molecule has 94 valence electrons. The number of nitrogens with zero attached hydrogens (tertiary/aromatic N) is 1. The summed E-state index contributed by atoms with van der Waals surface area (Å²) in [6, 6.07) is 5.84. The van der Waals surface area contributed by atoms with Crippen molar-refractivity contribution in [2.75, 3.05) is 5.32 Å². The highest BCUT2D eigenvalue weighted by atomic mass is 79.9. The summed E-state index contributed by atoms with van der Waals surface area (Å²) in [5.41, 5.74) is 2.54. The molecule has 0 atom stereocenters. The molecule has 18 heavy (non-hydrogen) atoms. The summed E-state index contributed by atoms with van der Waals surface area (Å²) in [6.45, 7) is 3.69. The fourth-order valence-electron chi connectivity index (χ4n) is 1.44. The summed E-state index contributed by atoms with van der Waals surface area (Å²) in [7, 11) is 0. The van der Waals surface area contributed by atoms with Gasteiger partial charge in [-0.25, -0.2) is 9.78 Å². The van der Waals surface area contributed by atoms with Crippen LogP contribution in [0.2, 0.25) is 0 Å². The minimum atomic E-state index is -0.942. The maximum atomic E-state index is 10.9. The topological polar surface area (TPSA) is 62.2 Å². The lowest BCUT2D eigenvalue weighted by Crippen LogP contribution is -1.94. The fraction of sp³-hybridized carbons (Fsp3) is 0.167. The Labute approximate surface area is 117 Å². The molecule has 2 aromatic rings. The highest BCUT2D eigenvalue weighted by Crippen LogP contribution is 2.28. The number of aromatic carboxylic acids is 1. The Morgan fingerprint density at radius 1 is 1.44 bits per heavy atom. The Hall–Kier alpha value is -1.40. The van der Waals surface area contributed by atoms with E-state index in [-0.39, 0.29) is 4.88 Å². The van der Waals surface area contributed by atoms with E-state index in [9.17, 15) is 4.79 Å². The number of hydrogen-bond donors (Lipinski definition) is 2. The van der Waals surface area contributed by atoms with Crippen LogP contribution in [0.5, 0.6) is 0 Å². The average Bonchev–Trinajstić information content (AvgIpc) is 2.65. The first-order valence-corrected chi connectivity index (χ1v) is 6.82. The van der Waals surface area contributed by atoms with Crippen molar-refractivity contribution in [2.45, 2.75) is 13.8 Å². The van der Waals surface area contributed by atoms with E-state index < -0.39 is 5.97 Å². The molecule has 1 heterocycles. The normalized spacial score (nSPS) is 10.4. The summed E-state index contributed by atoms with van der Waals surface area (Å²) in [5, 5.41) is 12.6. The van der Waals surface area contributed by atoms with Gasteiger partial charge < -0.3 is 10.4 Å². The molecule has 2 rings (SSSR count). The average molecular weight is 327 g/mol. The fourth-order valence-corrected chi connectivity index (χ4v) is 2.65. The van der Waals surface area contributed by atoms with Crippen molar-refractivity contribution < 1.29 is 9.90 Å². The van der Waals surface area contributed by atoms with Crippen molar-refractivity contribution in [1.82, 2.24) is 4.98 Å². The van der Waals surface area contributed by atoms with Gasteiger partial charge >= 0.3 is 5.97 Å². The monoisotopic (exact) mass is 326 g/mol. The van der Waals surface area contributed by atoms with Crippen LogP contribution in [0.3, 0.4) is 0 Å². The molecule has 0 aliphatic heterocycles. The highest BCUT2D eigenvalue weighted by Gasteiger charge is 2.13. The van der Waals surface area contributed by atoms with E-state index in [0.29, 0.717) is 10.8 Å². The number of benzene rings is 1. The highest BCUT2D eigenvalue weighted by molar-refractivity contribution is 9.10. The van der Waals surface area contributed by atoms with Crippen LogP contribution in [0.25, 0.3) is 0 Å². The number of aromatic nitrogens is 1. The number of thiazole rings is 1. The van der Waals surface area contributed by atoms with Gasteiger partial charge in [-0.05, 0) is 31.5 Å². The molecule has 0 saturated carbocycles. The van der Waals surface area contributed by atoms with E-state index >= 15 is 0 Å². The molecule has 0 radical (unpaired) electrons. The number of anilines is 2. The molecule has 0 bridgehead atoms. The number of carbonyl (C=O) groups is 1. The van der Waals surface area contributed by atoms with Crippen molar-refractivity contribution in [3.63, 3.8) is 0 Å². The standard InChI is InChI=1S/C12H11BrN2O2S/c1-6-3-4-8(5-9(6)13)15-12-14-7(2)10(18-12)11(16)17/h3-5H,1-2H3,(H,14,15)(H,16,17). The number of hydrogen-bond acceptors (Lipinski definition) is 4. The van der Waals surface area contributed by atoms with E-state index in [0.717, 1.165) is 27.1 Å². The second-order valence-electron chi connectivity index (χ2n) is 3.83. The molecule has 4 nitrogen and oxygen atoms in total. The van der Waals surface area contributed by atoms with Crippen molar-refractivity contribution >= 4 is 44.1 Å². The van der Waals surface area contributed by atoms with E-state index in [4.69, 9.17) is 5.11 Å². The lowest BCUT2D eigenvalue weighted by Gasteiger charge is -2.04. The minimum Gasteiger partial charge on any atom is -0.477 e. The molecule has 0 unspecified atom stereocenters. The van der Waals surface area contributed by atoms with Gasteiger partial charge in [0.05, 0.1) is 5.69 Å². The van der Waals surface area contributed by atoms with Gasteiger partial charge in [0.25, 0.3) is 0 Å². The van der Waals surface area contributed by atoms with Gasteiger partial charge in [0.1, 0.15) is 4.88 Å². The lowest BCUT2D eigenvalue weighted by molar-refractivity contribution is 0.0701. The molecular formula is C12H11BrN2O2S. The zero-order valence-corrected chi connectivity index (χ0v) is 12.2. The Morgan fingerprint density at radius 2 is 2.17 bits per heavy atom. The van der Waals surface area contributed by atoms with Crippen molar-refractivity contribution in [1.29, 1.82) is 0 Å². The van der Waals surface area contributed by atoms with Crippen LogP contribution in [-0.4, -0.2) is 16.1 Å². The molecule has 0 fully saturated rings. The predicted molar refractivity (Wildman–Crippen MR) is 76.0 cm³/mol. The van der Waals surface area contributed by atoms with Crippen molar-refractivity contribution in [2.24, 2.45) is 0 Å². The van der Waals surface area contributed by atoms with Crippen molar-refractivity contribution in [3.05, 3.63) is 38.8 Å². The number of carboxylic acid groups (broad SMARTS) is 1. The second kappa shape index (κ2) is 5.07. The smallest absolute Gasteiger partial charge is 0.347 e. The van der Waals surface area contributed by atoms with E-state index in [2.05, 4.69) is 26.2 Å². The van der Waals surface area contributed by atoms with Crippen LogP contribution in [0, 0.1) is 13.8 Å². The van der Waals surface area contributed by atoms with Gasteiger partial charge in [-0.1, -0.05) is 33.3 Å². The molecule has 0 spiro atoms. The second-order valence-corrected chi connectivity index (χ2v) is 5.68. The maximum absolute atomic E-state index is 10.9. The van der Waals surface area contributed by atoms with Crippen LogP contribution in [0.1, 0.15) is 20.9 Å². The summed E-state index contributed by atoms with van der Waals surface area (Å²) < 4.78 is 0.999. The molecule has 1 aromatic carbocycles. The first-order valence-electron chi connectivity index (χ1n) is 5.21. The first kappa shape index (κ1) is 13.0. The SMILES string of the molecule is Cc1ccc(Nc2nc(C)c(C(=O)O)s2)cc1Br. The van der Waals surface area contributed by atoms with Gasteiger partial charge in [0.15, 0.2) is 5.13 Å². The Bertz CT molecular complexity index is 610. The molecule has 0 amide bonds. The third-order valence-corrected chi connectivity index (χ3v) is 4.33. The lowest BCUT2D eigenvalue weighted by atomic mass is 10.2. The number of rotatable bonds is 3. The third-order valence-electron chi connectivity index (χ3n) is 2.41. The van der Waals surface area contributed by atoms with Crippen LogP contribution in [-0.2, 0) is 0 Å². The van der Waals surface area contributed by atoms with E-state index in [1.54, 1.807) is 6.92 Å². The Balaban J connectivity index is 2.26.